The molecule has 1 N–H and O–H groups in total. The fourth-order valence-corrected chi connectivity index (χ4v) is 4.22. The Bertz CT molecular complexity index is 1070. The predicted octanol–water partition coefficient (Wildman–Crippen LogP) is 2.54. The van der Waals surface area contributed by atoms with Crippen LogP contribution in [-0.4, -0.2) is 53.2 Å². The molecule has 1 amide bonds. The Hall–Kier alpha value is -2.63. The first-order valence-electron chi connectivity index (χ1n) is 8.75. The molecule has 3 rings (SSSR count). The van der Waals surface area contributed by atoms with E-state index in [9.17, 15) is 13.2 Å². The van der Waals surface area contributed by atoms with Crippen LogP contribution in [0, 0.1) is 0 Å². The smallest absolute Gasteiger partial charge is 0.242 e. The number of amides is 1. The van der Waals surface area contributed by atoms with Gasteiger partial charge in [-0.1, -0.05) is 11.8 Å². The lowest BCUT2D eigenvalue weighted by molar-refractivity contribution is -0.113. The molecule has 0 aliphatic carbocycles. The number of carbonyl (C=O) groups excluding carboxylic acids is 1. The second-order valence-corrected chi connectivity index (χ2v) is 9.27. The number of nitrogens with zero attached hydrogens (tertiary/aromatic N) is 4. The van der Waals surface area contributed by atoms with E-state index >= 15 is 0 Å². The average Bonchev–Trinajstić information content (AvgIpc) is 3.35. The molecule has 154 valence electrons. The number of nitrogens with one attached hydrogen (secondary N) is 1. The predicted molar refractivity (Wildman–Crippen MR) is 110 cm³/mol. The van der Waals surface area contributed by atoms with Crippen molar-refractivity contribution in [3.63, 3.8) is 0 Å². The molecular formula is C18H21N5O4S2. The van der Waals surface area contributed by atoms with Gasteiger partial charge in [-0.25, -0.2) is 12.7 Å². The second kappa shape index (κ2) is 8.80. The van der Waals surface area contributed by atoms with Gasteiger partial charge in [0.1, 0.15) is 0 Å². The third kappa shape index (κ3) is 4.69. The monoisotopic (exact) mass is 435 g/mol. The quantitative estimate of drug-likeness (QED) is 0.541. The topological polar surface area (TPSA) is 110 Å². The highest BCUT2D eigenvalue weighted by Crippen LogP contribution is 2.24. The average molecular weight is 436 g/mol. The van der Waals surface area contributed by atoms with Crippen molar-refractivity contribution in [2.45, 2.75) is 23.5 Å². The lowest BCUT2D eigenvalue weighted by atomic mass is 10.3. The zero-order valence-corrected chi connectivity index (χ0v) is 17.8. The molecule has 0 saturated heterocycles. The van der Waals surface area contributed by atoms with E-state index in [0.717, 1.165) is 4.31 Å². The molecule has 1 aromatic carbocycles. The summed E-state index contributed by atoms with van der Waals surface area (Å²) in [5.41, 5.74) is 0.515. The first-order chi connectivity index (χ1) is 13.8. The summed E-state index contributed by atoms with van der Waals surface area (Å²) in [6.07, 6.45) is 1.57. The molecule has 0 bridgehead atoms. The van der Waals surface area contributed by atoms with E-state index in [-0.39, 0.29) is 16.6 Å². The Balaban J connectivity index is 1.62. The molecule has 29 heavy (non-hydrogen) atoms. The summed E-state index contributed by atoms with van der Waals surface area (Å²) in [5.74, 6) is 1.12. The summed E-state index contributed by atoms with van der Waals surface area (Å²) in [5, 5.41) is 11.6. The Kier molecular flexibility index (Phi) is 6.40. The van der Waals surface area contributed by atoms with Crippen molar-refractivity contribution in [2.75, 3.05) is 25.2 Å². The van der Waals surface area contributed by atoms with Gasteiger partial charge in [-0.05, 0) is 43.3 Å². The Labute approximate surface area is 173 Å². The van der Waals surface area contributed by atoms with Gasteiger partial charge in [0.25, 0.3) is 0 Å². The van der Waals surface area contributed by atoms with E-state index in [1.165, 1.54) is 38.0 Å². The molecule has 0 aliphatic heterocycles. The number of furan rings is 1. The van der Waals surface area contributed by atoms with Gasteiger partial charge in [-0.15, -0.1) is 10.2 Å². The van der Waals surface area contributed by atoms with Crippen LogP contribution in [-0.2, 0) is 21.4 Å². The van der Waals surface area contributed by atoms with Gasteiger partial charge in [0.2, 0.25) is 15.9 Å². The van der Waals surface area contributed by atoms with Crippen LogP contribution in [0.2, 0.25) is 0 Å². The van der Waals surface area contributed by atoms with Gasteiger partial charge < -0.3 is 9.73 Å². The maximum Gasteiger partial charge on any atom is 0.242 e. The minimum Gasteiger partial charge on any atom is -0.461 e. The maximum atomic E-state index is 12.3. The molecule has 0 spiro atoms. The van der Waals surface area contributed by atoms with Crippen LogP contribution in [0.4, 0.5) is 5.69 Å². The number of aromatic nitrogens is 3. The van der Waals surface area contributed by atoms with Gasteiger partial charge in [0.15, 0.2) is 16.7 Å². The highest BCUT2D eigenvalue weighted by molar-refractivity contribution is 7.99. The van der Waals surface area contributed by atoms with E-state index < -0.39 is 10.0 Å². The summed E-state index contributed by atoms with van der Waals surface area (Å²) in [6, 6.07) is 9.62. The molecule has 9 nitrogen and oxygen atoms in total. The van der Waals surface area contributed by atoms with Crippen molar-refractivity contribution in [3.8, 4) is 11.6 Å². The van der Waals surface area contributed by atoms with Crippen molar-refractivity contribution < 1.29 is 17.6 Å². The number of benzene rings is 1. The van der Waals surface area contributed by atoms with Gasteiger partial charge in [-0.2, -0.15) is 0 Å². The van der Waals surface area contributed by atoms with Crippen LogP contribution in [0.3, 0.4) is 0 Å². The molecule has 11 heteroatoms. The van der Waals surface area contributed by atoms with Crippen molar-refractivity contribution in [1.29, 1.82) is 0 Å². The largest absolute Gasteiger partial charge is 0.461 e. The maximum absolute atomic E-state index is 12.3. The standard InChI is InChI=1S/C18H21N5O4S2/c1-4-23-17(15-6-5-11-27-15)20-21-18(23)28-12-16(24)19-13-7-9-14(10-8-13)29(25,26)22(2)3/h5-11H,4,12H2,1-3H3,(H,19,24). The normalized spacial score (nSPS) is 11.7. The summed E-state index contributed by atoms with van der Waals surface area (Å²) < 4.78 is 32.6. The first kappa shape index (κ1) is 21.1. The van der Waals surface area contributed by atoms with E-state index in [1.54, 1.807) is 30.5 Å². The SMILES string of the molecule is CCn1c(SCC(=O)Nc2ccc(S(=O)(=O)N(C)C)cc2)nnc1-c1ccco1. The minimum absolute atomic E-state index is 0.133. The Morgan fingerprint density at radius 2 is 1.93 bits per heavy atom. The van der Waals surface area contributed by atoms with Crippen LogP contribution in [0.5, 0.6) is 0 Å². The van der Waals surface area contributed by atoms with Crippen LogP contribution in [0.1, 0.15) is 6.92 Å². The summed E-state index contributed by atoms with van der Waals surface area (Å²) in [7, 11) is -0.568. The third-order valence-electron chi connectivity index (χ3n) is 4.02. The van der Waals surface area contributed by atoms with Gasteiger partial charge in [0, 0.05) is 26.3 Å². The van der Waals surface area contributed by atoms with Crippen molar-refractivity contribution in [3.05, 3.63) is 42.7 Å². The van der Waals surface area contributed by atoms with Crippen LogP contribution >= 0.6 is 11.8 Å². The number of hydrogen-bond acceptors (Lipinski definition) is 7. The van der Waals surface area contributed by atoms with Crippen molar-refractivity contribution >= 4 is 33.4 Å². The highest BCUT2D eigenvalue weighted by Gasteiger charge is 2.18. The molecule has 3 aromatic rings. The molecule has 0 saturated carbocycles. The molecule has 0 aliphatic rings. The highest BCUT2D eigenvalue weighted by atomic mass is 32.2. The lowest BCUT2D eigenvalue weighted by Crippen LogP contribution is -2.22. The number of hydrogen-bond donors (Lipinski definition) is 1. The Morgan fingerprint density at radius 1 is 1.21 bits per heavy atom. The molecule has 2 aromatic heterocycles. The number of thioether (sulfide) groups is 1. The first-order valence-corrected chi connectivity index (χ1v) is 11.2. The van der Waals surface area contributed by atoms with E-state index in [4.69, 9.17) is 4.42 Å². The van der Waals surface area contributed by atoms with Gasteiger partial charge >= 0.3 is 0 Å². The minimum atomic E-state index is -3.50. The molecule has 0 fully saturated rings. The summed E-state index contributed by atoms with van der Waals surface area (Å²) >= 11 is 1.26. The van der Waals surface area contributed by atoms with Crippen LogP contribution < -0.4 is 5.32 Å². The van der Waals surface area contributed by atoms with Crippen molar-refractivity contribution in [2.24, 2.45) is 0 Å². The molecule has 0 unspecified atom stereocenters. The molecular weight excluding hydrogens is 414 g/mol. The molecule has 0 atom stereocenters. The number of sulfonamides is 1. The van der Waals surface area contributed by atoms with E-state index in [0.29, 0.717) is 29.0 Å². The fourth-order valence-electron chi connectivity index (χ4n) is 2.52. The van der Waals surface area contributed by atoms with Gasteiger partial charge in [0.05, 0.1) is 16.9 Å². The van der Waals surface area contributed by atoms with Crippen LogP contribution in [0.15, 0.2) is 57.1 Å². The van der Waals surface area contributed by atoms with Gasteiger partial charge in [-0.3, -0.25) is 9.36 Å². The zero-order chi connectivity index (χ0) is 21.0. The second-order valence-electron chi connectivity index (χ2n) is 6.18. The van der Waals surface area contributed by atoms with E-state index in [2.05, 4.69) is 15.5 Å². The third-order valence-corrected chi connectivity index (χ3v) is 6.82. The lowest BCUT2D eigenvalue weighted by Gasteiger charge is -2.12. The fraction of sp³-hybridized carbons (Fsp3) is 0.278. The zero-order valence-electron chi connectivity index (χ0n) is 16.2. The molecule has 2 heterocycles. The molecule has 0 radical (unpaired) electrons. The summed E-state index contributed by atoms with van der Waals surface area (Å²) in [6.45, 7) is 2.60. The van der Waals surface area contributed by atoms with E-state index in [1.807, 2.05) is 11.5 Å². The Morgan fingerprint density at radius 3 is 2.52 bits per heavy atom. The van der Waals surface area contributed by atoms with Crippen molar-refractivity contribution in [1.82, 2.24) is 19.1 Å². The van der Waals surface area contributed by atoms with Crippen LogP contribution in [0.25, 0.3) is 11.6 Å². The number of carbonyl (C=O) groups is 1. The summed E-state index contributed by atoms with van der Waals surface area (Å²) in [4.78, 5) is 12.4. The number of rotatable bonds is 8. The number of anilines is 1.